The van der Waals surface area contributed by atoms with Gasteiger partial charge in [0.05, 0.1) is 17.4 Å². The van der Waals surface area contributed by atoms with Gasteiger partial charge in [0.2, 0.25) is 11.8 Å². The Balaban J connectivity index is 1.72. The molecule has 0 spiro atoms. The largest absolute Gasteiger partial charge is 0.381 e. The minimum atomic E-state index is -0.554. The number of benzene rings is 1. The van der Waals surface area contributed by atoms with E-state index >= 15 is 0 Å². The van der Waals surface area contributed by atoms with Crippen LogP contribution in [0, 0.1) is 18.8 Å². The second-order valence-corrected chi connectivity index (χ2v) is 8.55. The summed E-state index contributed by atoms with van der Waals surface area (Å²) in [5, 5.41) is 9.25. The number of rotatable bonds is 6. The predicted molar refractivity (Wildman–Crippen MR) is 106 cm³/mol. The van der Waals surface area contributed by atoms with Crippen molar-refractivity contribution in [3.63, 3.8) is 0 Å². The number of nitrogens with one attached hydrogen (secondary N) is 1. The molecule has 6 heteroatoms. The Morgan fingerprint density at radius 3 is 2.50 bits per heavy atom. The number of carbonyl (C=O) groups is 2. The topological polar surface area (TPSA) is 78.9 Å². The maximum Gasteiger partial charge on any atom is 0.248 e. The van der Waals surface area contributed by atoms with Crippen molar-refractivity contribution >= 4 is 11.8 Å². The standard InChI is InChI=1S/C22H32N2O4/c1-15-4-8-17(9-5-15)22(2)12-13-24(21(22)26)14-19(20(25)23-27)16-6-10-18(28-3)11-7-16/h4-5,8-9,16,18-19,27H,6-7,10-14H2,1-3H3,(H,23,25)/t16?,18?,19-,22?/m1/s1. The molecular weight excluding hydrogens is 356 g/mol. The highest BCUT2D eigenvalue weighted by atomic mass is 16.5. The third kappa shape index (κ3) is 4.08. The molecule has 1 heterocycles. The van der Waals surface area contributed by atoms with Crippen LogP contribution in [0.2, 0.25) is 0 Å². The van der Waals surface area contributed by atoms with Crippen molar-refractivity contribution < 1.29 is 19.5 Å². The number of methoxy groups -OCH3 is 1. The number of nitrogens with zero attached hydrogens (tertiary/aromatic N) is 1. The summed E-state index contributed by atoms with van der Waals surface area (Å²) in [4.78, 5) is 27.5. The van der Waals surface area contributed by atoms with E-state index in [0.717, 1.165) is 37.7 Å². The number of carbonyl (C=O) groups excluding carboxylic acids is 2. The molecule has 3 rings (SSSR count). The van der Waals surface area contributed by atoms with E-state index in [1.165, 1.54) is 5.56 Å². The van der Waals surface area contributed by atoms with Gasteiger partial charge in [-0.15, -0.1) is 0 Å². The third-order valence-electron chi connectivity index (χ3n) is 6.81. The van der Waals surface area contributed by atoms with E-state index in [4.69, 9.17) is 4.74 Å². The van der Waals surface area contributed by atoms with Crippen molar-refractivity contribution in [3.05, 3.63) is 35.4 Å². The van der Waals surface area contributed by atoms with Crippen LogP contribution in [0.5, 0.6) is 0 Å². The zero-order valence-corrected chi connectivity index (χ0v) is 17.1. The molecule has 2 N–H and O–H groups in total. The first-order valence-electron chi connectivity index (χ1n) is 10.2. The van der Waals surface area contributed by atoms with Crippen LogP contribution < -0.4 is 5.48 Å². The minimum absolute atomic E-state index is 0.0673. The molecule has 0 radical (unpaired) electrons. The molecule has 0 bridgehead atoms. The summed E-state index contributed by atoms with van der Waals surface area (Å²) in [6, 6.07) is 8.13. The Morgan fingerprint density at radius 2 is 1.93 bits per heavy atom. The number of aryl methyl sites for hydroxylation is 1. The average Bonchev–Trinajstić information content (AvgIpc) is 3.01. The van der Waals surface area contributed by atoms with Crippen LogP contribution >= 0.6 is 0 Å². The lowest BCUT2D eigenvalue weighted by Crippen LogP contribution is -2.45. The van der Waals surface area contributed by atoms with Crippen molar-refractivity contribution in [3.8, 4) is 0 Å². The fourth-order valence-corrected chi connectivity index (χ4v) is 4.77. The van der Waals surface area contributed by atoms with Gasteiger partial charge >= 0.3 is 0 Å². The Labute approximate surface area is 167 Å². The lowest BCUT2D eigenvalue weighted by atomic mass is 9.78. The predicted octanol–water partition coefficient (Wildman–Crippen LogP) is 2.81. The fraction of sp³-hybridized carbons (Fsp3) is 0.636. The molecule has 154 valence electrons. The quantitative estimate of drug-likeness (QED) is 0.580. The van der Waals surface area contributed by atoms with E-state index in [1.807, 2.05) is 48.5 Å². The number of hydrogen-bond donors (Lipinski definition) is 2. The Kier molecular flexibility index (Phi) is 6.40. The van der Waals surface area contributed by atoms with Crippen LogP contribution in [-0.2, 0) is 19.7 Å². The maximum absolute atomic E-state index is 13.3. The zero-order valence-electron chi connectivity index (χ0n) is 17.1. The van der Waals surface area contributed by atoms with Gasteiger partial charge in [0.15, 0.2) is 0 Å². The minimum Gasteiger partial charge on any atom is -0.381 e. The third-order valence-corrected chi connectivity index (χ3v) is 6.81. The van der Waals surface area contributed by atoms with Gasteiger partial charge in [0.1, 0.15) is 0 Å². The molecule has 2 fully saturated rings. The molecular formula is C22H32N2O4. The van der Waals surface area contributed by atoms with Gasteiger partial charge in [0, 0.05) is 20.2 Å². The highest BCUT2D eigenvalue weighted by molar-refractivity contribution is 5.90. The fourth-order valence-electron chi connectivity index (χ4n) is 4.77. The molecule has 2 atom stereocenters. The van der Waals surface area contributed by atoms with Gasteiger partial charge in [-0.1, -0.05) is 29.8 Å². The lowest BCUT2D eigenvalue weighted by molar-refractivity contribution is -0.139. The van der Waals surface area contributed by atoms with Crippen molar-refractivity contribution in [2.24, 2.45) is 11.8 Å². The molecule has 1 aromatic carbocycles. The van der Waals surface area contributed by atoms with Gasteiger partial charge in [-0.05, 0) is 57.4 Å². The van der Waals surface area contributed by atoms with Gasteiger partial charge < -0.3 is 9.64 Å². The van der Waals surface area contributed by atoms with E-state index < -0.39 is 17.2 Å². The summed E-state index contributed by atoms with van der Waals surface area (Å²) < 4.78 is 5.43. The van der Waals surface area contributed by atoms with Gasteiger partial charge in [0.25, 0.3) is 0 Å². The summed E-state index contributed by atoms with van der Waals surface area (Å²) in [6.45, 7) is 5.01. The number of amides is 2. The first kappa shape index (κ1) is 20.8. The maximum atomic E-state index is 13.3. The van der Waals surface area contributed by atoms with Crippen LogP contribution in [0.3, 0.4) is 0 Å². The Morgan fingerprint density at radius 1 is 1.29 bits per heavy atom. The molecule has 0 aromatic heterocycles. The zero-order chi connectivity index (χ0) is 20.3. The van der Waals surface area contributed by atoms with Crippen molar-refractivity contribution in [1.82, 2.24) is 10.4 Å². The average molecular weight is 389 g/mol. The summed E-state index contributed by atoms with van der Waals surface area (Å²) in [5.74, 6) is -0.569. The van der Waals surface area contributed by atoms with E-state index in [9.17, 15) is 14.8 Å². The van der Waals surface area contributed by atoms with E-state index in [1.54, 1.807) is 7.11 Å². The van der Waals surface area contributed by atoms with E-state index in [2.05, 4.69) is 0 Å². The summed E-state index contributed by atoms with van der Waals surface area (Å²) in [7, 11) is 1.72. The molecule has 1 aromatic rings. The summed E-state index contributed by atoms with van der Waals surface area (Å²) in [6.07, 6.45) is 4.53. The van der Waals surface area contributed by atoms with E-state index in [-0.39, 0.29) is 17.9 Å². The van der Waals surface area contributed by atoms with Crippen LogP contribution in [0.25, 0.3) is 0 Å². The Hall–Kier alpha value is -1.92. The molecule has 2 amide bonds. The molecule has 1 aliphatic carbocycles. The Bertz CT molecular complexity index is 697. The molecule has 1 unspecified atom stereocenters. The smallest absolute Gasteiger partial charge is 0.248 e. The number of hydroxylamine groups is 1. The summed E-state index contributed by atoms with van der Waals surface area (Å²) in [5.41, 5.74) is 3.46. The SMILES string of the molecule is COC1CCC([C@@H](CN2CCC(C)(c3ccc(C)cc3)C2=O)C(=O)NO)CC1. The second kappa shape index (κ2) is 8.62. The van der Waals surface area contributed by atoms with Crippen LogP contribution in [0.1, 0.15) is 50.2 Å². The molecule has 1 saturated carbocycles. The van der Waals surface area contributed by atoms with Gasteiger partial charge in [-0.2, -0.15) is 0 Å². The lowest BCUT2D eigenvalue weighted by Gasteiger charge is -2.34. The van der Waals surface area contributed by atoms with Crippen molar-refractivity contribution in [2.75, 3.05) is 20.2 Å². The van der Waals surface area contributed by atoms with Crippen LogP contribution in [0.15, 0.2) is 24.3 Å². The van der Waals surface area contributed by atoms with E-state index in [0.29, 0.717) is 13.1 Å². The monoisotopic (exact) mass is 388 g/mol. The number of hydrogen-bond acceptors (Lipinski definition) is 4. The second-order valence-electron chi connectivity index (χ2n) is 8.55. The normalized spacial score (nSPS) is 29.0. The van der Waals surface area contributed by atoms with Crippen LogP contribution in [0.4, 0.5) is 0 Å². The first-order valence-corrected chi connectivity index (χ1v) is 10.2. The molecule has 28 heavy (non-hydrogen) atoms. The molecule has 2 aliphatic rings. The van der Waals surface area contributed by atoms with Crippen molar-refractivity contribution in [1.29, 1.82) is 0 Å². The van der Waals surface area contributed by atoms with Crippen LogP contribution in [-0.4, -0.2) is 48.2 Å². The van der Waals surface area contributed by atoms with Gasteiger partial charge in [-0.25, -0.2) is 5.48 Å². The highest BCUT2D eigenvalue weighted by Gasteiger charge is 2.45. The summed E-state index contributed by atoms with van der Waals surface area (Å²) >= 11 is 0. The first-order chi connectivity index (χ1) is 13.4. The van der Waals surface area contributed by atoms with Crippen molar-refractivity contribution in [2.45, 2.75) is 57.5 Å². The number of likely N-dealkylation sites (tertiary alicyclic amines) is 1. The molecule has 1 aliphatic heterocycles. The highest BCUT2D eigenvalue weighted by Crippen LogP contribution is 2.38. The molecule has 1 saturated heterocycles. The molecule has 6 nitrogen and oxygen atoms in total. The number of ether oxygens (including phenoxy) is 1. The van der Waals surface area contributed by atoms with Gasteiger partial charge in [-0.3, -0.25) is 14.8 Å².